The van der Waals surface area contributed by atoms with E-state index in [9.17, 15) is 0 Å². The predicted molar refractivity (Wildman–Crippen MR) is 84.0 cm³/mol. The Kier molecular flexibility index (Phi) is 2.48. The summed E-state index contributed by atoms with van der Waals surface area (Å²) in [5.41, 5.74) is 6.40. The van der Waals surface area contributed by atoms with Gasteiger partial charge in [0.2, 0.25) is 11.8 Å². The molecule has 0 saturated heterocycles. The Labute approximate surface area is 127 Å². The highest BCUT2D eigenvalue weighted by Crippen LogP contribution is 2.43. The maximum Gasteiger partial charge on any atom is 0.249 e. The van der Waals surface area contributed by atoms with Crippen LogP contribution in [-0.2, 0) is 7.05 Å². The van der Waals surface area contributed by atoms with Gasteiger partial charge >= 0.3 is 0 Å². The molecule has 0 bridgehead atoms. The molecule has 2 aromatic carbocycles. The maximum absolute atomic E-state index is 6.39. The van der Waals surface area contributed by atoms with Crippen LogP contribution in [0, 0.1) is 6.92 Å². The first-order chi connectivity index (χ1) is 10.1. The Morgan fingerprint density at radius 2 is 2.00 bits per heavy atom. The molecule has 0 radical (unpaired) electrons. The molecule has 4 rings (SSSR count). The second-order valence-corrected chi connectivity index (χ2v) is 5.71. The third-order valence-corrected chi connectivity index (χ3v) is 4.45. The molecule has 106 valence electrons. The molecule has 3 aromatic rings. The zero-order chi connectivity index (χ0) is 14.7. The molecular formula is C16H15ClN3O+. The van der Waals surface area contributed by atoms with E-state index in [4.69, 9.17) is 16.3 Å². The lowest BCUT2D eigenvalue weighted by Gasteiger charge is -2.20. The summed E-state index contributed by atoms with van der Waals surface area (Å²) in [6, 6.07) is 8.03. The molecule has 0 aliphatic carbocycles. The number of halogens is 1. The monoisotopic (exact) mass is 300 g/mol. The quantitative estimate of drug-likeness (QED) is 0.545. The first-order valence-corrected chi connectivity index (χ1v) is 7.14. The van der Waals surface area contributed by atoms with Gasteiger partial charge in [-0.25, -0.2) is 4.57 Å². The van der Waals surface area contributed by atoms with Crippen LogP contribution in [0.25, 0.3) is 16.7 Å². The van der Waals surface area contributed by atoms with Gasteiger partial charge in [0, 0.05) is 5.56 Å². The van der Waals surface area contributed by atoms with Gasteiger partial charge in [-0.1, -0.05) is 11.6 Å². The number of imidazole rings is 1. The highest BCUT2D eigenvalue weighted by molar-refractivity contribution is 6.35. The Morgan fingerprint density at radius 3 is 2.76 bits per heavy atom. The molecule has 4 nitrogen and oxygen atoms in total. The van der Waals surface area contributed by atoms with Crippen molar-refractivity contribution in [3.8, 4) is 11.4 Å². The molecule has 0 atom stereocenters. The van der Waals surface area contributed by atoms with Crippen LogP contribution < -0.4 is 14.6 Å². The number of hydrogen-bond acceptors (Lipinski definition) is 2. The number of nitrogens with zero attached hydrogens (tertiary/aromatic N) is 2. The molecule has 21 heavy (non-hydrogen) atoms. The molecule has 0 fully saturated rings. The van der Waals surface area contributed by atoms with Gasteiger partial charge in [0.25, 0.3) is 0 Å². The van der Waals surface area contributed by atoms with Crippen LogP contribution in [0.4, 0.5) is 11.4 Å². The third kappa shape index (κ3) is 1.54. The number of benzene rings is 2. The van der Waals surface area contributed by atoms with Crippen molar-refractivity contribution in [3.63, 3.8) is 0 Å². The number of aryl methyl sites for hydroxylation is 1. The summed E-state index contributed by atoms with van der Waals surface area (Å²) in [5, 5.41) is 4.20. The van der Waals surface area contributed by atoms with E-state index in [1.165, 1.54) is 0 Å². The van der Waals surface area contributed by atoms with Crippen molar-refractivity contribution in [1.29, 1.82) is 0 Å². The minimum atomic E-state index is 0.718. The fraction of sp³-hybridized carbons (Fsp3) is 0.188. The Bertz CT molecular complexity index is 898. The van der Waals surface area contributed by atoms with E-state index in [2.05, 4.69) is 26.8 Å². The Hall–Kier alpha value is -2.20. The normalized spacial score (nSPS) is 12.2. The molecule has 0 spiro atoms. The van der Waals surface area contributed by atoms with E-state index >= 15 is 0 Å². The Balaban J connectivity index is 2.14. The summed E-state index contributed by atoms with van der Waals surface area (Å²) in [7, 11) is 3.73. The number of methoxy groups -OCH3 is 1. The van der Waals surface area contributed by atoms with Crippen molar-refractivity contribution in [2.24, 2.45) is 7.05 Å². The topological polar surface area (TPSA) is 30.1 Å². The second-order valence-electron chi connectivity index (χ2n) is 5.30. The van der Waals surface area contributed by atoms with Crippen molar-refractivity contribution in [2.75, 3.05) is 12.4 Å². The molecular weight excluding hydrogens is 286 g/mol. The predicted octanol–water partition coefficient (Wildman–Crippen LogP) is 3.48. The fourth-order valence-electron chi connectivity index (χ4n) is 3.06. The summed E-state index contributed by atoms with van der Waals surface area (Å²) in [4.78, 5) is 0. The van der Waals surface area contributed by atoms with E-state index in [1.807, 2.05) is 32.2 Å². The van der Waals surface area contributed by atoms with Gasteiger partial charge < -0.3 is 10.1 Å². The van der Waals surface area contributed by atoms with E-state index in [1.54, 1.807) is 7.11 Å². The van der Waals surface area contributed by atoms with Crippen molar-refractivity contribution in [1.82, 2.24) is 4.57 Å². The van der Waals surface area contributed by atoms with Crippen molar-refractivity contribution >= 4 is 34.0 Å². The number of hydrogen-bond donors (Lipinski definition) is 1. The van der Waals surface area contributed by atoms with Gasteiger partial charge in [-0.3, -0.25) is 0 Å². The third-order valence-electron chi connectivity index (χ3n) is 4.14. The average Bonchev–Trinajstić information content (AvgIpc) is 2.81. The molecule has 1 N–H and O–H groups in total. The van der Waals surface area contributed by atoms with E-state index < -0.39 is 0 Å². The maximum atomic E-state index is 6.39. The minimum Gasteiger partial charge on any atom is -0.496 e. The first-order valence-electron chi connectivity index (χ1n) is 6.76. The minimum absolute atomic E-state index is 0.718. The second kappa shape index (κ2) is 4.15. The van der Waals surface area contributed by atoms with Crippen molar-refractivity contribution < 1.29 is 9.30 Å². The van der Waals surface area contributed by atoms with E-state index in [-0.39, 0.29) is 0 Å². The van der Waals surface area contributed by atoms with Crippen LogP contribution in [0.3, 0.4) is 0 Å². The largest absolute Gasteiger partial charge is 0.496 e. The zero-order valence-electron chi connectivity index (χ0n) is 12.1. The van der Waals surface area contributed by atoms with Gasteiger partial charge in [0.15, 0.2) is 11.2 Å². The van der Waals surface area contributed by atoms with Gasteiger partial charge in [0.1, 0.15) is 11.4 Å². The van der Waals surface area contributed by atoms with Gasteiger partial charge in [-0.2, -0.15) is 4.57 Å². The zero-order valence-corrected chi connectivity index (χ0v) is 12.8. The van der Waals surface area contributed by atoms with Gasteiger partial charge in [0.05, 0.1) is 24.9 Å². The lowest BCUT2D eigenvalue weighted by atomic mass is 10.1. The van der Waals surface area contributed by atoms with E-state index in [0.717, 1.165) is 44.4 Å². The molecule has 1 aliphatic heterocycles. The number of ether oxygens (including phenoxy) is 1. The highest BCUT2D eigenvalue weighted by Gasteiger charge is 2.29. The summed E-state index contributed by atoms with van der Waals surface area (Å²) in [6.45, 7) is 2.05. The number of aromatic nitrogens is 2. The first kappa shape index (κ1) is 12.5. The van der Waals surface area contributed by atoms with Gasteiger partial charge in [-0.15, -0.1) is 0 Å². The molecule has 1 aromatic heterocycles. The highest BCUT2D eigenvalue weighted by atomic mass is 35.5. The van der Waals surface area contributed by atoms with Crippen LogP contribution >= 0.6 is 11.6 Å². The average molecular weight is 301 g/mol. The number of fused-ring (bicyclic) bond motifs is 2. The van der Waals surface area contributed by atoms with Crippen LogP contribution in [0.15, 0.2) is 30.6 Å². The summed E-state index contributed by atoms with van der Waals surface area (Å²) in [5.74, 6) is 0.865. The van der Waals surface area contributed by atoms with Gasteiger partial charge in [-0.05, 0) is 31.2 Å². The van der Waals surface area contributed by atoms with Crippen LogP contribution in [0.5, 0.6) is 5.75 Å². The lowest BCUT2D eigenvalue weighted by Crippen LogP contribution is -2.25. The lowest BCUT2D eigenvalue weighted by molar-refractivity contribution is -0.645. The number of rotatable bonds is 1. The fourth-order valence-corrected chi connectivity index (χ4v) is 3.26. The molecule has 0 saturated carbocycles. The Morgan fingerprint density at radius 1 is 1.19 bits per heavy atom. The molecule has 2 heterocycles. The van der Waals surface area contributed by atoms with Crippen LogP contribution in [-0.4, -0.2) is 11.7 Å². The summed E-state index contributed by atoms with van der Waals surface area (Å²) in [6.07, 6.45) is 2.08. The molecule has 0 amide bonds. The smallest absolute Gasteiger partial charge is 0.249 e. The summed E-state index contributed by atoms with van der Waals surface area (Å²) < 4.78 is 9.70. The standard InChI is InChI=1S/C16H15ClN3O/c1-9-13(21-3)7-6-11-14(9)18-15-10(17)4-5-12-16(15)20(11)8-19(12)2/h4-8,18H,1-3H3/q+1. The molecule has 1 aliphatic rings. The SMILES string of the molecule is COc1ccc2c(c1C)Nc1c(Cl)ccc3c1n-2c[n+]3C. The number of anilines is 2. The van der Waals surface area contributed by atoms with Crippen LogP contribution in [0.2, 0.25) is 5.02 Å². The van der Waals surface area contributed by atoms with Crippen molar-refractivity contribution in [2.45, 2.75) is 6.92 Å². The van der Waals surface area contributed by atoms with Crippen LogP contribution in [0.1, 0.15) is 5.56 Å². The van der Waals surface area contributed by atoms with E-state index in [0.29, 0.717) is 0 Å². The van der Waals surface area contributed by atoms with Crippen molar-refractivity contribution in [3.05, 3.63) is 41.2 Å². The number of nitrogens with one attached hydrogen (secondary N) is 1. The molecule has 0 unspecified atom stereocenters. The molecule has 5 heteroatoms. The summed E-state index contributed by atoms with van der Waals surface area (Å²) >= 11 is 6.39.